The quantitative estimate of drug-likeness (QED) is 0.773. The van der Waals surface area contributed by atoms with E-state index in [1.807, 2.05) is 58.0 Å². The molecule has 1 aromatic heterocycles. The Kier molecular flexibility index (Phi) is 4.05. The third-order valence-electron chi connectivity index (χ3n) is 2.88. The maximum atomic E-state index is 12.3. The SMILES string of the molecule is Cc1cc(C(=O)c2ccc(OC(C)C)cc2)sc1C. The molecule has 0 saturated heterocycles. The zero-order valence-corrected chi connectivity index (χ0v) is 12.5. The van der Waals surface area contributed by atoms with Gasteiger partial charge in [-0.1, -0.05) is 0 Å². The van der Waals surface area contributed by atoms with E-state index in [4.69, 9.17) is 4.74 Å². The Balaban J connectivity index is 2.20. The summed E-state index contributed by atoms with van der Waals surface area (Å²) in [5.74, 6) is 0.877. The average molecular weight is 274 g/mol. The first-order valence-electron chi connectivity index (χ1n) is 6.36. The second kappa shape index (κ2) is 5.57. The van der Waals surface area contributed by atoms with E-state index in [1.165, 1.54) is 10.4 Å². The number of thiophene rings is 1. The van der Waals surface area contributed by atoms with Crippen LogP contribution in [0.1, 0.15) is 39.5 Å². The van der Waals surface area contributed by atoms with Crippen LogP contribution in [-0.4, -0.2) is 11.9 Å². The van der Waals surface area contributed by atoms with Gasteiger partial charge in [0.15, 0.2) is 0 Å². The van der Waals surface area contributed by atoms with Crippen LogP contribution >= 0.6 is 11.3 Å². The lowest BCUT2D eigenvalue weighted by atomic mass is 10.1. The Morgan fingerprint density at radius 3 is 2.26 bits per heavy atom. The first-order valence-corrected chi connectivity index (χ1v) is 7.17. The lowest BCUT2D eigenvalue weighted by Gasteiger charge is -2.09. The molecule has 0 bridgehead atoms. The molecule has 1 heterocycles. The van der Waals surface area contributed by atoms with E-state index in [9.17, 15) is 4.79 Å². The number of carbonyl (C=O) groups is 1. The minimum absolute atomic E-state index is 0.0808. The van der Waals surface area contributed by atoms with Crippen molar-refractivity contribution in [1.82, 2.24) is 0 Å². The van der Waals surface area contributed by atoms with E-state index < -0.39 is 0 Å². The molecule has 0 atom stereocenters. The van der Waals surface area contributed by atoms with Crippen molar-refractivity contribution in [2.24, 2.45) is 0 Å². The maximum absolute atomic E-state index is 12.3. The van der Waals surface area contributed by atoms with E-state index in [2.05, 4.69) is 0 Å². The van der Waals surface area contributed by atoms with Crippen molar-refractivity contribution in [1.29, 1.82) is 0 Å². The number of aryl methyl sites for hydroxylation is 2. The van der Waals surface area contributed by atoms with E-state index in [1.54, 1.807) is 11.3 Å². The number of benzene rings is 1. The molecule has 0 amide bonds. The van der Waals surface area contributed by atoms with Gasteiger partial charge in [-0.05, 0) is 63.6 Å². The van der Waals surface area contributed by atoms with Gasteiger partial charge in [-0.15, -0.1) is 11.3 Å². The Bertz CT molecular complexity index is 560. The van der Waals surface area contributed by atoms with Crippen LogP contribution in [0, 0.1) is 13.8 Å². The molecule has 0 spiro atoms. The number of carbonyl (C=O) groups excluding carboxylic acids is 1. The second-order valence-corrected chi connectivity index (χ2v) is 6.13. The van der Waals surface area contributed by atoms with Gasteiger partial charge >= 0.3 is 0 Å². The molecule has 3 heteroatoms. The molecule has 0 N–H and O–H groups in total. The van der Waals surface area contributed by atoms with E-state index in [-0.39, 0.29) is 11.9 Å². The van der Waals surface area contributed by atoms with Crippen molar-refractivity contribution in [2.45, 2.75) is 33.8 Å². The monoisotopic (exact) mass is 274 g/mol. The minimum Gasteiger partial charge on any atom is -0.491 e. The predicted octanol–water partition coefficient (Wildman–Crippen LogP) is 4.38. The summed E-state index contributed by atoms with van der Waals surface area (Å²) in [6.45, 7) is 8.03. The molecular formula is C16H18O2S. The second-order valence-electron chi connectivity index (χ2n) is 4.87. The fourth-order valence-corrected chi connectivity index (χ4v) is 2.78. The molecule has 0 unspecified atom stereocenters. The lowest BCUT2D eigenvalue weighted by molar-refractivity contribution is 0.104. The van der Waals surface area contributed by atoms with Gasteiger partial charge in [0.25, 0.3) is 0 Å². The molecule has 19 heavy (non-hydrogen) atoms. The summed E-state index contributed by atoms with van der Waals surface area (Å²) >= 11 is 1.55. The smallest absolute Gasteiger partial charge is 0.202 e. The van der Waals surface area contributed by atoms with Crippen LogP contribution in [0.15, 0.2) is 30.3 Å². The molecule has 2 rings (SSSR count). The first-order chi connectivity index (χ1) is 8.97. The molecule has 0 radical (unpaired) electrons. The van der Waals surface area contributed by atoms with Crippen molar-refractivity contribution in [3.05, 3.63) is 51.2 Å². The fraction of sp³-hybridized carbons (Fsp3) is 0.312. The van der Waals surface area contributed by atoms with Crippen LogP contribution in [0.4, 0.5) is 0 Å². The first kappa shape index (κ1) is 13.8. The van der Waals surface area contributed by atoms with Crippen LogP contribution in [0.2, 0.25) is 0 Å². The van der Waals surface area contributed by atoms with Crippen LogP contribution in [0.25, 0.3) is 0 Å². The summed E-state index contributed by atoms with van der Waals surface area (Å²) in [6, 6.07) is 9.30. The summed E-state index contributed by atoms with van der Waals surface area (Å²) in [7, 11) is 0. The summed E-state index contributed by atoms with van der Waals surface area (Å²) in [6.07, 6.45) is 0.143. The normalized spacial score (nSPS) is 10.8. The maximum Gasteiger partial charge on any atom is 0.202 e. The highest BCUT2D eigenvalue weighted by molar-refractivity contribution is 7.14. The van der Waals surface area contributed by atoms with Crippen LogP contribution in [0.3, 0.4) is 0 Å². The Labute approximate surface area is 118 Å². The molecule has 1 aromatic carbocycles. The highest BCUT2D eigenvalue weighted by Gasteiger charge is 2.13. The van der Waals surface area contributed by atoms with Gasteiger partial charge in [-0.3, -0.25) is 4.79 Å². The molecule has 2 aromatic rings. The van der Waals surface area contributed by atoms with Crippen molar-refractivity contribution >= 4 is 17.1 Å². The number of ketones is 1. The van der Waals surface area contributed by atoms with Crippen LogP contribution in [-0.2, 0) is 0 Å². The van der Waals surface area contributed by atoms with Gasteiger partial charge in [-0.2, -0.15) is 0 Å². The predicted molar refractivity (Wildman–Crippen MR) is 79.4 cm³/mol. The zero-order chi connectivity index (χ0) is 14.0. The molecule has 0 aliphatic rings. The summed E-state index contributed by atoms with van der Waals surface area (Å²) in [4.78, 5) is 14.3. The number of ether oxygens (including phenoxy) is 1. The highest BCUT2D eigenvalue weighted by atomic mass is 32.1. The fourth-order valence-electron chi connectivity index (χ4n) is 1.78. The number of hydrogen-bond donors (Lipinski definition) is 0. The standard InChI is InChI=1S/C16H18O2S/c1-10(2)18-14-7-5-13(6-8-14)16(17)15-9-11(3)12(4)19-15/h5-10H,1-4H3. The molecule has 0 fully saturated rings. The van der Waals surface area contributed by atoms with Crippen LogP contribution in [0.5, 0.6) is 5.75 Å². The third kappa shape index (κ3) is 3.24. The summed E-state index contributed by atoms with van der Waals surface area (Å²) < 4.78 is 5.57. The van der Waals surface area contributed by atoms with Gasteiger partial charge in [0.05, 0.1) is 11.0 Å². The molecule has 0 aliphatic heterocycles. The molecular weight excluding hydrogens is 256 g/mol. The molecule has 0 saturated carbocycles. The Morgan fingerprint density at radius 1 is 1.16 bits per heavy atom. The minimum atomic E-state index is 0.0808. The van der Waals surface area contributed by atoms with Crippen molar-refractivity contribution in [2.75, 3.05) is 0 Å². The van der Waals surface area contributed by atoms with Crippen molar-refractivity contribution in [3.63, 3.8) is 0 Å². The van der Waals surface area contributed by atoms with Gasteiger partial charge in [0.2, 0.25) is 5.78 Å². The van der Waals surface area contributed by atoms with Gasteiger partial charge in [-0.25, -0.2) is 0 Å². The largest absolute Gasteiger partial charge is 0.491 e. The van der Waals surface area contributed by atoms with Crippen molar-refractivity contribution in [3.8, 4) is 5.75 Å². The molecule has 2 nitrogen and oxygen atoms in total. The number of rotatable bonds is 4. The lowest BCUT2D eigenvalue weighted by Crippen LogP contribution is -2.06. The average Bonchev–Trinajstić information content (AvgIpc) is 2.69. The van der Waals surface area contributed by atoms with E-state index >= 15 is 0 Å². The van der Waals surface area contributed by atoms with Crippen molar-refractivity contribution < 1.29 is 9.53 Å². The zero-order valence-electron chi connectivity index (χ0n) is 11.7. The van der Waals surface area contributed by atoms with Gasteiger partial charge in [0.1, 0.15) is 5.75 Å². The topological polar surface area (TPSA) is 26.3 Å². The van der Waals surface area contributed by atoms with E-state index in [0.29, 0.717) is 5.56 Å². The summed E-state index contributed by atoms with van der Waals surface area (Å²) in [5, 5.41) is 0. The van der Waals surface area contributed by atoms with Gasteiger partial charge in [0, 0.05) is 10.4 Å². The number of hydrogen-bond acceptors (Lipinski definition) is 3. The van der Waals surface area contributed by atoms with E-state index in [0.717, 1.165) is 10.6 Å². The molecule has 0 aliphatic carbocycles. The third-order valence-corrected chi connectivity index (χ3v) is 4.03. The Morgan fingerprint density at radius 2 is 1.79 bits per heavy atom. The highest BCUT2D eigenvalue weighted by Crippen LogP contribution is 2.24. The summed E-state index contributed by atoms with van der Waals surface area (Å²) in [5.41, 5.74) is 1.88. The van der Waals surface area contributed by atoms with Gasteiger partial charge < -0.3 is 4.74 Å². The molecule has 100 valence electrons. The Hall–Kier alpha value is -1.61. The van der Waals surface area contributed by atoms with Crippen LogP contribution < -0.4 is 4.74 Å².